The van der Waals surface area contributed by atoms with Gasteiger partial charge < -0.3 is 16.2 Å². The molecule has 0 aliphatic carbocycles. The Morgan fingerprint density at radius 2 is 1.76 bits per heavy atom. The van der Waals surface area contributed by atoms with Gasteiger partial charge in [-0.15, -0.1) is 0 Å². The summed E-state index contributed by atoms with van der Waals surface area (Å²) in [4.78, 5) is 9.82. The highest BCUT2D eigenvalue weighted by molar-refractivity contribution is 5.71. The minimum Gasteiger partial charge on any atom is -0.466 e. The minimum absolute atomic E-state index is 0.178. The summed E-state index contributed by atoms with van der Waals surface area (Å²) in [5, 5.41) is 6.06. The van der Waals surface area contributed by atoms with Crippen molar-refractivity contribution in [2.45, 2.75) is 13.8 Å². The minimum atomic E-state index is -0.333. The zero-order valence-corrected chi connectivity index (χ0v) is 9.94. The number of guanidine groups is 1. The fourth-order valence-corrected chi connectivity index (χ4v) is 0.618. The molecule has 0 fully saturated rings. The summed E-state index contributed by atoms with van der Waals surface area (Å²) in [6.07, 6.45) is 0. The van der Waals surface area contributed by atoms with Crippen LogP contribution in [-0.4, -0.2) is 18.5 Å². The summed E-state index contributed by atoms with van der Waals surface area (Å²) in [5.41, 5.74) is 8.94. The lowest BCUT2D eigenvalue weighted by Gasteiger charge is -1.89. The van der Waals surface area contributed by atoms with Crippen LogP contribution in [0.2, 0.25) is 0 Å². The molecule has 17 heavy (non-hydrogen) atoms. The maximum atomic E-state index is 11.9. The van der Waals surface area contributed by atoms with Crippen molar-refractivity contribution in [3.63, 3.8) is 0 Å². The van der Waals surface area contributed by atoms with Crippen LogP contribution in [-0.2, 0) is 9.53 Å². The van der Waals surface area contributed by atoms with Gasteiger partial charge in [0.1, 0.15) is 5.82 Å². The highest BCUT2D eigenvalue weighted by Crippen LogP contribution is 1.91. The van der Waals surface area contributed by atoms with E-state index in [1.165, 1.54) is 19.1 Å². The van der Waals surface area contributed by atoms with Crippen LogP contribution in [0, 0.1) is 11.2 Å². The zero-order valence-electron chi connectivity index (χ0n) is 9.94. The van der Waals surface area contributed by atoms with E-state index in [0.29, 0.717) is 6.61 Å². The number of hydrogen-bond donors (Lipinski definition) is 3. The number of benzene rings is 1. The average molecular weight is 243 g/mol. The molecule has 0 aliphatic heterocycles. The van der Waals surface area contributed by atoms with E-state index in [-0.39, 0.29) is 17.7 Å². The van der Waals surface area contributed by atoms with Crippen molar-refractivity contribution in [3.8, 4) is 0 Å². The van der Waals surface area contributed by atoms with Gasteiger partial charge >= 0.3 is 5.97 Å². The third-order valence-corrected chi connectivity index (χ3v) is 1.08. The molecule has 0 radical (unpaired) electrons. The number of carbonyl (C=O) groups excluding carboxylic acids is 1. The summed E-state index contributed by atoms with van der Waals surface area (Å²) in [7, 11) is 0. The van der Waals surface area contributed by atoms with E-state index in [1.807, 2.05) is 0 Å². The van der Waals surface area contributed by atoms with Crippen LogP contribution in [0.4, 0.5) is 4.39 Å². The number of ether oxygens (including phenoxy) is 1. The molecule has 0 aromatic heterocycles. The van der Waals surface area contributed by atoms with Crippen LogP contribution in [0.5, 0.6) is 0 Å². The van der Waals surface area contributed by atoms with Gasteiger partial charge in [-0.2, -0.15) is 0 Å². The Morgan fingerprint density at radius 1 is 1.35 bits per heavy atom. The van der Waals surface area contributed by atoms with E-state index in [2.05, 4.69) is 16.2 Å². The SMILES string of the molecule is CCOC(C)=O.Fc1ccccc1.N=C(N)N. The van der Waals surface area contributed by atoms with E-state index in [1.54, 1.807) is 25.1 Å². The van der Waals surface area contributed by atoms with Crippen LogP contribution in [0.3, 0.4) is 0 Å². The number of carbonyl (C=O) groups is 1. The van der Waals surface area contributed by atoms with Gasteiger partial charge in [0.05, 0.1) is 6.61 Å². The average Bonchev–Trinajstić information content (AvgIpc) is 2.18. The van der Waals surface area contributed by atoms with Gasteiger partial charge in [-0.05, 0) is 19.1 Å². The van der Waals surface area contributed by atoms with Crippen LogP contribution >= 0.6 is 0 Å². The van der Waals surface area contributed by atoms with Crippen LogP contribution in [0.25, 0.3) is 0 Å². The third-order valence-electron chi connectivity index (χ3n) is 1.08. The molecule has 0 spiro atoms. The first-order valence-electron chi connectivity index (χ1n) is 4.83. The van der Waals surface area contributed by atoms with E-state index in [4.69, 9.17) is 5.41 Å². The maximum absolute atomic E-state index is 11.9. The Morgan fingerprint density at radius 3 is 1.88 bits per heavy atom. The lowest BCUT2D eigenvalue weighted by Crippen LogP contribution is -2.20. The first kappa shape index (κ1) is 17.3. The predicted molar refractivity (Wildman–Crippen MR) is 64.8 cm³/mol. The Hall–Kier alpha value is -2.11. The normalized spacial score (nSPS) is 7.71. The topological polar surface area (TPSA) is 102 Å². The maximum Gasteiger partial charge on any atom is 0.302 e. The van der Waals surface area contributed by atoms with Gasteiger partial charge in [-0.3, -0.25) is 10.2 Å². The van der Waals surface area contributed by atoms with E-state index >= 15 is 0 Å². The van der Waals surface area contributed by atoms with Crippen molar-refractivity contribution < 1.29 is 13.9 Å². The molecule has 0 unspecified atom stereocenters. The number of nitrogens with one attached hydrogen (secondary N) is 1. The number of nitrogens with two attached hydrogens (primary N) is 2. The second kappa shape index (κ2) is 12.0. The second-order valence-electron chi connectivity index (χ2n) is 2.68. The van der Waals surface area contributed by atoms with Crippen LogP contribution in [0.1, 0.15) is 13.8 Å². The van der Waals surface area contributed by atoms with Gasteiger partial charge in [0.2, 0.25) is 0 Å². The van der Waals surface area contributed by atoms with Crippen molar-refractivity contribution in [1.29, 1.82) is 5.41 Å². The number of rotatable bonds is 1. The molecule has 0 atom stereocenters. The van der Waals surface area contributed by atoms with E-state index < -0.39 is 0 Å². The molecule has 6 heteroatoms. The molecular weight excluding hydrogens is 225 g/mol. The molecule has 96 valence electrons. The van der Waals surface area contributed by atoms with Crippen LogP contribution in [0.15, 0.2) is 30.3 Å². The predicted octanol–water partition coefficient (Wildman–Crippen LogP) is 1.23. The van der Waals surface area contributed by atoms with Crippen LogP contribution < -0.4 is 11.5 Å². The number of esters is 1. The fraction of sp³-hybridized carbons (Fsp3) is 0.273. The van der Waals surface area contributed by atoms with Crippen molar-refractivity contribution in [2.75, 3.05) is 6.61 Å². The molecule has 5 nitrogen and oxygen atoms in total. The summed E-state index contributed by atoms with van der Waals surface area (Å²) in [6.45, 7) is 3.65. The molecule has 1 aromatic carbocycles. The molecule has 0 aliphatic rings. The van der Waals surface area contributed by atoms with Gasteiger partial charge in [-0.1, -0.05) is 18.2 Å². The van der Waals surface area contributed by atoms with Crippen molar-refractivity contribution in [3.05, 3.63) is 36.1 Å². The highest BCUT2D eigenvalue weighted by atomic mass is 19.1. The summed E-state index contributed by atoms with van der Waals surface area (Å²) >= 11 is 0. The molecule has 1 aromatic rings. The van der Waals surface area contributed by atoms with Gasteiger partial charge in [0, 0.05) is 6.92 Å². The molecule has 0 heterocycles. The quantitative estimate of drug-likeness (QED) is 0.392. The molecule has 0 saturated carbocycles. The number of hydrogen-bond acceptors (Lipinski definition) is 3. The van der Waals surface area contributed by atoms with Crippen molar-refractivity contribution >= 4 is 11.9 Å². The molecule has 0 saturated heterocycles. The molecule has 1 rings (SSSR count). The van der Waals surface area contributed by atoms with Crippen molar-refractivity contribution in [2.24, 2.45) is 11.5 Å². The first-order chi connectivity index (χ1) is 7.90. The summed E-state index contributed by atoms with van der Waals surface area (Å²) in [6, 6.07) is 7.94. The van der Waals surface area contributed by atoms with E-state index in [0.717, 1.165) is 0 Å². The largest absolute Gasteiger partial charge is 0.466 e. The third kappa shape index (κ3) is 24.8. The number of halogens is 1. The standard InChI is InChI=1S/C6H5F.C4H8O2.CH5N3/c7-6-4-2-1-3-5-6;1-3-6-4(2)5;2-1(3)4/h1-5H;3H2,1-2H3;(H5,2,3,4). The van der Waals surface area contributed by atoms with Gasteiger partial charge in [-0.25, -0.2) is 4.39 Å². The molecule has 0 bridgehead atoms. The Bertz CT molecular complexity index is 314. The smallest absolute Gasteiger partial charge is 0.302 e. The second-order valence-corrected chi connectivity index (χ2v) is 2.68. The molecule has 0 amide bonds. The first-order valence-corrected chi connectivity index (χ1v) is 4.83. The lowest BCUT2D eigenvalue weighted by molar-refractivity contribution is -0.140. The fourth-order valence-electron chi connectivity index (χ4n) is 0.618. The summed E-state index contributed by atoms with van der Waals surface area (Å²) in [5.74, 6) is -0.722. The van der Waals surface area contributed by atoms with Gasteiger partial charge in [0.25, 0.3) is 0 Å². The van der Waals surface area contributed by atoms with Gasteiger partial charge in [0.15, 0.2) is 5.96 Å². The molecule has 5 N–H and O–H groups in total. The Balaban J connectivity index is 0. The summed E-state index contributed by atoms with van der Waals surface area (Å²) < 4.78 is 16.3. The Labute approximate surface area is 100 Å². The zero-order chi connectivity index (χ0) is 13.7. The lowest BCUT2D eigenvalue weighted by atomic mass is 10.4. The highest BCUT2D eigenvalue weighted by Gasteiger charge is 1.81. The van der Waals surface area contributed by atoms with Crippen molar-refractivity contribution in [1.82, 2.24) is 0 Å². The molecular formula is C11H18FN3O2. The Kier molecular flexibility index (Phi) is 12.2. The van der Waals surface area contributed by atoms with E-state index in [9.17, 15) is 9.18 Å². The monoisotopic (exact) mass is 243 g/mol.